The summed E-state index contributed by atoms with van der Waals surface area (Å²) in [7, 11) is -3.88. The van der Waals surface area contributed by atoms with Crippen molar-refractivity contribution >= 4 is 38.9 Å². The van der Waals surface area contributed by atoms with Gasteiger partial charge in [-0.2, -0.15) is 13.5 Å². The highest BCUT2D eigenvalue weighted by molar-refractivity contribution is 7.90. The third kappa shape index (κ3) is 4.62. The second kappa shape index (κ2) is 8.53. The Morgan fingerprint density at radius 1 is 1.03 bits per heavy atom. The molecule has 0 radical (unpaired) electrons. The molecule has 0 spiro atoms. The highest BCUT2D eigenvalue weighted by Gasteiger charge is 2.31. The van der Waals surface area contributed by atoms with E-state index >= 15 is 0 Å². The molecule has 0 bridgehead atoms. The van der Waals surface area contributed by atoms with Crippen LogP contribution in [0.15, 0.2) is 93.3 Å². The van der Waals surface area contributed by atoms with Crippen molar-refractivity contribution in [2.24, 2.45) is 9.50 Å². The van der Waals surface area contributed by atoms with Gasteiger partial charge in [0, 0.05) is 16.6 Å². The van der Waals surface area contributed by atoms with Gasteiger partial charge in [0.15, 0.2) is 0 Å². The van der Waals surface area contributed by atoms with E-state index in [0.717, 1.165) is 16.8 Å². The Bertz CT molecular complexity index is 1240. The number of amidine groups is 1. The summed E-state index contributed by atoms with van der Waals surface area (Å²) < 4.78 is 29.5. The topological polar surface area (TPSA) is 88.1 Å². The van der Waals surface area contributed by atoms with Crippen molar-refractivity contribution in [3.05, 3.63) is 95.0 Å². The van der Waals surface area contributed by atoms with Gasteiger partial charge in [0.25, 0.3) is 10.0 Å². The van der Waals surface area contributed by atoms with Gasteiger partial charge in [-0.25, -0.2) is 5.01 Å². The average Bonchev–Trinajstić information content (AvgIpc) is 3.21. The van der Waals surface area contributed by atoms with E-state index in [2.05, 4.69) is 4.40 Å². The van der Waals surface area contributed by atoms with Crippen LogP contribution in [0.25, 0.3) is 0 Å². The summed E-state index contributed by atoms with van der Waals surface area (Å²) in [6, 6.07) is 23.4. The molecule has 0 aromatic heterocycles. The van der Waals surface area contributed by atoms with E-state index in [1.165, 1.54) is 24.3 Å². The lowest BCUT2D eigenvalue weighted by molar-refractivity contribution is 0.472. The first-order valence-electron chi connectivity index (χ1n) is 9.67. The molecule has 8 heteroatoms. The fourth-order valence-corrected chi connectivity index (χ4v) is 4.60. The first-order valence-corrected chi connectivity index (χ1v) is 11.5. The number of rotatable bonds is 4. The molecule has 3 aromatic carbocycles. The standard InChI is InChI=1S/C23H21ClN4O2S/c1-16(27-31(29,30)21-13-9-19(24)10-14-21)28-15-22(17-5-3-2-4-6-17)23(26-28)18-7-11-20(25)12-8-18/h2-14,22H,15,25H2,1H3/b27-16+. The summed E-state index contributed by atoms with van der Waals surface area (Å²) in [4.78, 5) is 0.0813. The Morgan fingerprint density at radius 2 is 1.68 bits per heavy atom. The van der Waals surface area contributed by atoms with Crippen molar-refractivity contribution in [3.8, 4) is 0 Å². The molecule has 0 saturated carbocycles. The predicted octanol–water partition coefficient (Wildman–Crippen LogP) is 4.53. The summed E-state index contributed by atoms with van der Waals surface area (Å²) in [5.41, 5.74) is 9.36. The number of hydrogen-bond acceptors (Lipinski definition) is 4. The fraction of sp³-hybridized carbons (Fsp3) is 0.130. The minimum absolute atomic E-state index is 0.0341. The van der Waals surface area contributed by atoms with Gasteiger partial charge in [0.1, 0.15) is 5.84 Å². The van der Waals surface area contributed by atoms with Crippen LogP contribution in [0.1, 0.15) is 24.0 Å². The number of nitrogens with two attached hydrogens (primary N) is 1. The second-order valence-corrected chi connectivity index (χ2v) is 9.26. The SMILES string of the molecule is C/C(=N\S(=O)(=O)c1ccc(Cl)cc1)N1CC(c2ccccc2)C(c2ccc(N)cc2)=N1. The van der Waals surface area contributed by atoms with Gasteiger partial charge in [0.2, 0.25) is 0 Å². The Hall–Kier alpha value is -3.16. The van der Waals surface area contributed by atoms with Crippen LogP contribution >= 0.6 is 11.6 Å². The zero-order chi connectivity index (χ0) is 22.0. The third-order valence-electron chi connectivity index (χ3n) is 5.06. The Kier molecular flexibility index (Phi) is 5.80. The van der Waals surface area contributed by atoms with Crippen molar-refractivity contribution in [1.29, 1.82) is 0 Å². The first kappa shape index (κ1) is 21.1. The van der Waals surface area contributed by atoms with E-state index in [-0.39, 0.29) is 10.8 Å². The van der Waals surface area contributed by atoms with Crippen LogP contribution in [0.2, 0.25) is 5.02 Å². The van der Waals surface area contributed by atoms with E-state index < -0.39 is 10.0 Å². The molecule has 3 aromatic rings. The number of benzene rings is 3. The molecular weight excluding hydrogens is 432 g/mol. The predicted molar refractivity (Wildman–Crippen MR) is 125 cm³/mol. The number of halogens is 1. The van der Waals surface area contributed by atoms with Crippen LogP contribution in [0.4, 0.5) is 5.69 Å². The number of hydrogen-bond donors (Lipinski definition) is 1. The summed E-state index contributed by atoms with van der Waals surface area (Å²) in [6.07, 6.45) is 0. The Balaban J connectivity index is 1.70. The third-order valence-corrected chi connectivity index (χ3v) is 6.68. The van der Waals surface area contributed by atoms with Gasteiger partial charge in [-0.05, 0) is 54.4 Å². The van der Waals surface area contributed by atoms with Crippen LogP contribution in [0.5, 0.6) is 0 Å². The highest BCUT2D eigenvalue weighted by Crippen LogP contribution is 2.29. The minimum Gasteiger partial charge on any atom is -0.399 e. The molecule has 0 saturated heterocycles. The molecule has 31 heavy (non-hydrogen) atoms. The summed E-state index contributed by atoms with van der Waals surface area (Å²) >= 11 is 5.86. The number of sulfonamides is 1. The largest absolute Gasteiger partial charge is 0.399 e. The van der Waals surface area contributed by atoms with Gasteiger partial charge in [-0.3, -0.25) is 0 Å². The molecule has 1 atom stereocenters. The average molecular weight is 453 g/mol. The maximum Gasteiger partial charge on any atom is 0.283 e. The highest BCUT2D eigenvalue weighted by atomic mass is 35.5. The maximum absolute atomic E-state index is 12.7. The molecule has 6 nitrogen and oxygen atoms in total. The van der Waals surface area contributed by atoms with Gasteiger partial charge in [0.05, 0.1) is 17.2 Å². The van der Waals surface area contributed by atoms with Crippen molar-refractivity contribution in [1.82, 2.24) is 5.01 Å². The van der Waals surface area contributed by atoms with Gasteiger partial charge in [-0.15, -0.1) is 4.40 Å². The molecule has 4 rings (SSSR count). The van der Waals surface area contributed by atoms with E-state index in [4.69, 9.17) is 22.4 Å². The Morgan fingerprint density at radius 3 is 2.32 bits per heavy atom. The molecule has 1 heterocycles. The van der Waals surface area contributed by atoms with Crippen LogP contribution in [0.3, 0.4) is 0 Å². The monoisotopic (exact) mass is 452 g/mol. The van der Waals surface area contributed by atoms with Crippen LogP contribution in [-0.2, 0) is 10.0 Å². The lowest BCUT2D eigenvalue weighted by Crippen LogP contribution is -2.24. The zero-order valence-corrected chi connectivity index (χ0v) is 18.4. The molecule has 158 valence electrons. The van der Waals surface area contributed by atoms with E-state index in [0.29, 0.717) is 23.1 Å². The second-order valence-electron chi connectivity index (χ2n) is 7.22. The van der Waals surface area contributed by atoms with Gasteiger partial charge < -0.3 is 5.73 Å². The van der Waals surface area contributed by atoms with Crippen molar-refractivity contribution in [2.45, 2.75) is 17.7 Å². The molecule has 0 amide bonds. The van der Waals surface area contributed by atoms with Crippen LogP contribution in [0, 0.1) is 0 Å². The lowest BCUT2D eigenvalue weighted by atomic mass is 9.90. The molecule has 0 fully saturated rings. The van der Waals surface area contributed by atoms with Crippen LogP contribution < -0.4 is 5.73 Å². The zero-order valence-electron chi connectivity index (χ0n) is 16.8. The number of nitrogen functional groups attached to an aromatic ring is 1. The summed E-state index contributed by atoms with van der Waals surface area (Å²) in [6.45, 7) is 2.13. The molecule has 1 aliphatic heterocycles. The van der Waals surface area contributed by atoms with Crippen LogP contribution in [-0.4, -0.2) is 31.5 Å². The van der Waals surface area contributed by atoms with E-state index in [1.807, 2.05) is 54.6 Å². The number of anilines is 1. The summed E-state index contributed by atoms with van der Waals surface area (Å²) in [5.74, 6) is 0.259. The molecule has 1 unspecified atom stereocenters. The van der Waals surface area contributed by atoms with E-state index in [1.54, 1.807) is 11.9 Å². The quantitative estimate of drug-likeness (QED) is 0.357. The smallest absolute Gasteiger partial charge is 0.283 e. The first-order chi connectivity index (χ1) is 14.8. The fourth-order valence-electron chi connectivity index (χ4n) is 3.45. The van der Waals surface area contributed by atoms with Crippen molar-refractivity contribution in [3.63, 3.8) is 0 Å². The molecule has 0 aliphatic carbocycles. The Labute approximate surface area is 186 Å². The minimum atomic E-state index is -3.88. The molecule has 2 N–H and O–H groups in total. The van der Waals surface area contributed by atoms with E-state index in [9.17, 15) is 8.42 Å². The molecule has 1 aliphatic rings. The lowest BCUT2D eigenvalue weighted by Gasteiger charge is -2.16. The maximum atomic E-state index is 12.7. The number of hydrazone groups is 1. The normalized spacial score (nSPS) is 17.0. The number of nitrogens with zero attached hydrogens (tertiary/aromatic N) is 3. The van der Waals surface area contributed by atoms with Gasteiger partial charge in [-0.1, -0.05) is 54.1 Å². The van der Waals surface area contributed by atoms with Crippen molar-refractivity contribution in [2.75, 3.05) is 12.3 Å². The molecular formula is C23H21ClN4O2S. The van der Waals surface area contributed by atoms with Gasteiger partial charge >= 0.3 is 0 Å². The summed E-state index contributed by atoms with van der Waals surface area (Å²) in [5, 5.41) is 6.83. The van der Waals surface area contributed by atoms with Crippen molar-refractivity contribution < 1.29 is 8.42 Å².